The first kappa shape index (κ1) is 22.6. The molecule has 1 fully saturated rings. The summed E-state index contributed by atoms with van der Waals surface area (Å²) in [5.74, 6) is 0.349. The highest BCUT2D eigenvalue weighted by Gasteiger charge is 2.29. The van der Waals surface area contributed by atoms with Gasteiger partial charge in [-0.15, -0.1) is 10.2 Å². The second-order valence-electron chi connectivity index (χ2n) is 7.89. The van der Waals surface area contributed by atoms with E-state index in [1.54, 1.807) is 6.07 Å². The fourth-order valence-electron chi connectivity index (χ4n) is 3.67. The highest BCUT2D eigenvalue weighted by molar-refractivity contribution is 8.00. The minimum Gasteiger partial charge on any atom is -0.378 e. The van der Waals surface area contributed by atoms with Gasteiger partial charge in [0, 0.05) is 25.2 Å². The molecule has 7 nitrogen and oxygen atoms in total. The van der Waals surface area contributed by atoms with Gasteiger partial charge in [0.15, 0.2) is 5.16 Å². The van der Waals surface area contributed by atoms with E-state index in [1.165, 1.54) is 23.9 Å². The number of hydrogen-bond donors (Lipinski definition) is 0. The van der Waals surface area contributed by atoms with Crippen molar-refractivity contribution in [2.75, 3.05) is 31.2 Å². The topological polar surface area (TPSA) is 63.5 Å². The third-order valence-electron chi connectivity index (χ3n) is 4.97. The molecule has 0 spiro atoms. The average molecular weight is 436 g/mol. The van der Waals surface area contributed by atoms with Gasteiger partial charge in [0.1, 0.15) is 5.82 Å². The molecule has 3 rings (SSSR count). The van der Waals surface area contributed by atoms with E-state index in [0.717, 1.165) is 0 Å². The van der Waals surface area contributed by atoms with Crippen molar-refractivity contribution in [3.8, 4) is 5.69 Å². The molecule has 0 radical (unpaired) electrons. The lowest BCUT2D eigenvalue weighted by Gasteiger charge is -2.33. The van der Waals surface area contributed by atoms with Crippen LogP contribution in [0.1, 0.15) is 34.6 Å². The van der Waals surface area contributed by atoms with Crippen LogP contribution in [0.15, 0.2) is 29.4 Å². The summed E-state index contributed by atoms with van der Waals surface area (Å²) in [6.45, 7) is 12.5. The van der Waals surface area contributed by atoms with Crippen molar-refractivity contribution >= 4 is 23.6 Å². The molecule has 0 N–H and O–H groups in total. The van der Waals surface area contributed by atoms with Gasteiger partial charge in [-0.1, -0.05) is 17.8 Å². The predicted octanol–water partition coefficient (Wildman–Crippen LogP) is 3.37. The van der Waals surface area contributed by atoms with Gasteiger partial charge in [0.05, 0.1) is 24.2 Å². The SMILES string of the molecule is CC(Sc1nnc(N2CCOCC2)n1-c1cccc(F)c1)C(=O)N(C(C)C)C(C)C. The molecular formula is C21H30FN5O2S. The standard InChI is InChI=1S/C21H30FN5O2S/c1-14(2)26(15(3)4)19(28)16(5)30-21-24-23-20(25-9-11-29-12-10-25)27(21)18-8-6-7-17(22)13-18/h6-8,13-16H,9-12H2,1-5H3. The van der Waals surface area contributed by atoms with Crippen LogP contribution in [0.4, 0.5) is 10.3 Å². The maximum atomic E-state index is 14.0. The highest BCUT2D eigenvalue weighted by atomic mass is 32.2. The van der Waals surface area contributed by atoms with E-state index in [-0.39, 0.29) is 29.1 Å². The molecule has 1 aliphatic rings. The molecular weight excluding hydrogens is 405 g/mol. The quantitative estimate of drug-likeness (QED) is 0.622. The molecule has 1 aliphatic heterocycles. The Morgan fingerprint density at radius 2 is 1.80 bits per heavy atom. The Balaban J connectivity index is 1.94. The lowest BCUT2D eigenvalue weighted by molar-refractivity contribution is -0.133. The molecule has 1 amide bonds. The zero-order valence-electron chi connectivity index (χ0n) is 18.2. The molecule has 1 atom stereocenters. The summed E-state index contributed by atoms with van der Waals surface area (Å²) in [7, 11) is 0. The molecule has 1 aromatic heterocycles. The van der Waals surface area contributed by atoms with Gasteiger partial charge >= 0.3 is 0 Å². The number of ether oxygens (including phenoxy) is 1. The second kappa shape index (κ2) is 9.78. The average Bonchev–Trinajstić information content (AvgIpc) is 3.11. The molecule has 164 valence electrons. The van der Waals surface area contributed by atoms with Crippen LogP contribution in [0.3, 0.4) is 0 Å². The van der Waals surface area contributed by atoms with Crippen molar-refractivity contribution in [3.05, 3.63) is 30.1 Å². The molecule has 0 saturated carbocycles. The van der Waals surface area contributed by atoms with E-state index in [0.29, 0.717) is 43.1 Å². The van der Waals surface area contributed by atoms with Crippen molar-refractivity contribution in [1.82, 2.24) is 19.7 Å². The minimum absolute atomic E-state index is 0.0479. The maximum Gasteiger partial charge on any atom is 0.236 e. The summed E-state index contributed by atoms with van der Waals surface area (Å²) in [6, 6.07) is 6.55. The number of hydrogen-bond acceptors (Lipinski definition) is 6. The van der Waals surface area contributed by atoms with Gasteiger partial charge in [-0.3, -0.25) is 9.36 Å². The van der Waals surface area contributed by atoms with Crippen LogP contribution in [0.5, 0.6) is 0 Å². The Kier molecular flexibility index (Phi) is 7.36. The first-order valence-electron chi connectivity index (χ1n) is 10.3. The fraction of sp³-hybridized carbons (Fsp3) is 0.571. The molecule has 1 saturated heterocycles. The summed E-state index contributed by atoms with van der Waals surface area (Å²) >= 11 is 1.34. The van der Waals surface area contributed by atoms with Crippen molar-refractivity contribution in [2.24, 2.45) is 0 Å². The lowest BCUT2D eigenvalue weighted by Crippen LogP contribution is -2.45. The summed E-state index contributed by atoms with van der Waals surface area (Å²) in [4.78, 5) is 17.1. The maximum absolute atomic E-state index is 14.0. The first-order valence-corrected chi connectivity index (χ1v) is 11.2. The largest absolute Gasteiger partial charge is 0.378 e. The number of morpholine rings is 1. The van der Waals surface area contributed by atoms with Gasteiger partial charge < -0.3 is 14.5 Å². The van der Waals surface area contributed by atoms with Crippen molar-refractivity contribution in [2.45, 2.75) is 57.1 Å². The number of carbonyl (C=O) groups excluding carboxylic acids is 1. The Morgan fingerprint density at radius 3 is 2.40 bits per heavy atom. The number of benzene rings is 1. The first-order chi connectivity index (χ1) is 14.3. The van der Waals surface area contributed by atoms with E-state index >= 15 is 0 Å². The van der Waals surface area contributed by atoms with Crippen LogP contribution in [0.2, 0.25) is 0 Å². The van der Waals surface area contributed by atoms with Crippen LogP contribution >= 0.6 is 11.8 Å². The highest BCUT2D eigenvalue weighted by Crippen LogP contribution is 2.31. The third-order valence-corrected chi connectivity index (χ3v) is 6.00. The normalized spacial score (nSPS) is 15.7. The zero-order valence-corrected chi connectivity index (χ0v) is 19.0. The van der Waals surface area contributed by atoms with E-state index < -0.39 is 0 Å². The molecule has 1 unspecified atom stereocenters. The number of amides is 1. The van der Waals surface area contributed by atoms with Crippen molar-refractivity contribution < 1.29 is 13.9 Å². The summed E-state index contributed by atoms with van der Waals surface area (Å²) in [6.07, 6.45) is 0. The van der Waals surface area contributed by atoms with E-state index in [4.69, 9.17) is 4.74 Å². The molecule has 30 heavy (non-hydrogen) atoms. The van der Waals surface area contributed by atoms with Gasteiger partial charge in [-0.2, -0.15) is 0 Å². The molecule has 2 aromatic rings. The zero-order chi connectivity index (χ0) is 21.8. The van der Waals surface area contributed by atoms with Crippen LogP contribution < -0.4 is 4.90 Å². The van der Waals surface area contributed by atoms with Crippen molar-refractivity contribution in [3.63, 3.8) is 0 Å². The monoisotopic (exact) mass is 435 g/mol. The number of halogens is 1. The smallest absolute Gasteiger partial charge is 0.236 e. The molecule has 1 aromatic carbocycles. The van der Waals surface area contributed by atoms with Crippen LogP contribution in [0, 0.1) is 5.82 Å². The molecule has 0 bridgehead atoms. The number of nitrogens with zero attached hydrogens (tertiary/aromatic N) is 5. The molecule has 9 heteroatoms. The van der Waals surface area contributed by atoms with Crippen LogP contribution in [-0.4, -0.2) is 69.2 Å². The molecule has 2 heterocycles. The Morgan fingerprint density at radius 1 is 1.13 bits per heavy atom. The summed E-state index contributed by atoms with van der Waals surface area (Å²) < 4.78 is 21.3. The fourth-order valence-corrected chi connectivity index (χ4v) is 4.59. The van der Waals surface area contributed by atoms with Crippen molar-refractivity contribution in [1.29, 1.82) is 0 Å². The number of aromatic nitrogens is 3. The minimum atomic E-state index is -0.358. The molecule has 0 aliphatic carbocycles. The number of rotatable bonds is 7. The predicted molar refractivity (Wildman–Crippen MR) is 117 cm³/mol. The van der Waals surface area contributed by atoms with Gasteiger partial charge in [0.25, 0.3) is 0 Å². The van der Waals surface area contributed by atoms with E-state index in [2.05, 4.69) is 15.1 Å². The lowest BCUT2D eigenvalue weighted by atomic mass is 10.2. The van der Waals surface area contributed by atoms with E-state index in [1.807, 2.05) is 50.2 Å². The third kappa shape index (κ3) is 4.95. The number of carbonyl (C=O) groups is 1. The Bertz CT molecular complexity index is 859. The second-order valence-corrected chi connectivity index (χ2v) is 9.20. The Hall–Kier alpha value is -2.13. The van der Waals surface area contributed by atoms with Gasteiger partial charge in [0.2, 0.25) is 11.9 Å². The number of thioether (sulfide) groups is 1. The van der Waals surface area contributed by atoms with E-state index in [9.17, 15) is 9.18 Å². The summed E-state index contributed by atoms with van der Waals surface area (Å²) in [5, 5.41) is 8.97. The van der Waals surface area contributed by atoms with Crippen LogP contribution in [0.25, 0.3) is 5.69 Å². The van der Waals surface area contributed by atoms with Gasteiger partial charge in [-0.05, 0) is 52.8 Å². The Labute approximate surface area is 181 Å². The van der Waals surface area contributed by atoms with Gasteiger partial charge in [-0.25, -0.2) is 4.39 Å². The summed E-state index contributed by atoms with van der Waals surface area (Å²) in [5.41, 5.74) is 0.633. The number of anilines is 1. The van der Waals surface area contributed by atoms with Crippen LogP contribution in [-0.2, 0) is 9.53 Å².